The molecule has 6 nitrogen and oxygen atoms in total. The molecule has 0 atom stereocenters. The van der Waals surface area contributed by atoms with E-state index in [0.717, 1.165) is 59.4 Å². The van der Waals surface area contributed by atoms with Crippen LogP contribution < -0.4 is 9.47 Å². The van der Waals surface area contributed by atoms with Gasteiger partial charge in [0, 0.05) is 0 Å². The third-order valence-electron chi connectivity index (χ3n) is 6.97. The summed E-state index contributed by atoms with van der Waals surface area (Å²) in [7, 11) is 0. The zero-order valence-corrected chi connectivity index (χ0v) is 23.1. The summed E-state index contributed by atoms with van der Waals surface area (Å²) in [5, 5.41) is 18.1. The van der Waals surface area contributed by atoms with Gasteiger partial charge in [0.1, 0.15) is 11.5 Å². The van der Waals surface area contributed by atoms with Crippen LogP contribution in [0.15, 0.2) is 97.1 Å². The Hall–Kier alpha value is -4.58. The molecule has 4 aromatic rings. The standard InChI is InChI=1S/C35H36O6/c36-34(37)30-12-8-26(9-13-30)28-16-20-32(21-17-28)40-24-6-4-2-1-3-5-7-25-41-33-22-18-29(19-23-33)27-10-14-31(15-11-27)35(38)39/h8-23H,1-7,24-25H2,(H,36,37)(H,38,39). The number of hydrogen-bond acceptors (Lipinski definition) is 4. The van der Waals surface area contributed by atoms with Crippen LogP contribution in [0, 0.1) is 0 Å². The summed E-state index contributed by atoms with van der Waals surface area (Å²) < 4.78 is 11.8. The Balaban J connectivity index is 1.02. The molecule has 0 saturated heterocycles. The molecule has 41 heavy (non-hydrogen) atoms. The molecular weight excluding hydrogens is 516 g/mol. The highest BCUT2D eigenvalue weighted by molar-refractivity contribution is 5.89. The minimum Gasteiger partial charge on any atom is -0.494 e. The van der Waals surface area contributed by atoms with Crippen LogP contribution in [0.25, 0.3) is 22.3 Å². The number of benzene rings is 4. The van der Waals surface area contributed by atoms with E-state index in [1.165, 1.54) is 19.3 Å². The smallest absolute Gasteiger partial charge is 0.335 e. The van der Waals surface area contributed by atoms with Gasteiger partial charge in [-0.05, 0) is 83.6 Å². The maximum atomic E-state index is 11.0. The molecule has 4 rings (SSSR count). The van der Waals surface area contributed by atoms with E-state index >= 15 is 0 Å². The Kier molecular flexibility index (Phi) is 11.0. The minimum atomic E-state index is -0.921. The van der Waals surface area contributed by atoms with Gasteiger partial charge >= 0.3 is 11.9 Å². The number of rotatable bonds is 16. The molecule has 0 aromatic heterocycles. The van der Waals surface area contributed by atoms with Crippen molar-refractivity contribution >= 4 is 11.9 Å². The predicted molar refractivity (Wildman–Crippen MR) is 161 cm³/mol. The first-order valence-corrected chi connectivity index (χ1v) is 14.1. The van der Waals surface area contributed by atoms with Crippen molar-refractivity contribution in [1.82, 2.24) is 0 Å². The second-order valence-electron chi connectivity index (χ2n) is 9.99. The van der Waals surface area contributed by atoms with Crippen LogP contribution in [0.5, 0.6) is 11.5 Å². The number of carbonyl (C=O) groups is 2. The predicted octanol–water partition coefficient (Wildman–Crippen LogP) is 8.61. The van der Waals surface area contributed by atoms with Crippen molar-refractivity contribution in [2.45, 2.75) is 44.9 Å². The molecule has 0 bridgehead atoms. The molecule has 0 amide bonds. The van der Waals surface area contributed by atoms with Crippen LogP contribution in [0.2, 0.25) is 0 Å². The Morgan fingerprint density at radius 3 is 0.976 bits per heavy atom. The summed E-state index contributed by atoms with van der Waals surface area (Å²) in [6, 6.07) is 29.5. The normalized spacial score (nSPS) is 10.7. The molecule has 0 saturated carbocycles. The number of carboxylic acid groups (broad SMARTS) is 2. The van der Waals surface area contributed by atoms with E-state index in [-0.39, 0.29) is 11.1 Å². The van der Waals surface area contributed by atoms with Crippen molar-refractivity contribution in [3.8, 4) is 33.8 Å². The Bertz CT molecular complexity index is 1270. The van der Waals surface area contributed by atoms with E-state index in [1.54, 1.807) is 24.3 Å². The van der Waals surface area contributed by atoms with E-state index in [4.69, 9.17) is 19.7 Å². The third-order valence-corrected chi connectivity index (χ3v) is 6.97. The molecule has 0 aliphatic rings. The van der Waals surface area contributed by atoms with Gasteiger partial charge in [-0.25, -0.2) is 9.59 Å². The molecule has 0 unspecified atom stereocenters. The molecule has 212 valence electrons. The number of aromatic carboxylic acids is 2. The fourth-order valence-corrected chi connectivity index (χ4v) is 4.57. The quantitative estimate of drug-likeness (QED) is 0.135. The Morgan fingerprint density at radius 2 is 0.683 bits per heavy atom. The van der Waals surface area contributed by atoms with Gasteiger partial charge in [-0.2, -0.15) is 0 Å². The lowest BCUT2D eigenvalue weighted by Gasteiger charge is -2.09. The van der Waals surface area contributed by atoms with Crippen LogP contribution in [0.1, 0.15) is 65.7 Å². The summed E-state index contributed by atoms with van der Waals surface area (Å²) in [5.41, 5.74) is 4.58. The molecule has 6 heteroatoms. The van der Waals surface area contributed by atoms with E-state index in [9.17, 15) is 9.59 Å². The maximum Gasteiger partial charge on any atom is 0.335 e. The summed E-state index contributed by atoms with van der Waals surface area (Å²) in [5.74, 6) is -0.147. The van der Waals surface area contributed by atoms with E-state index in [0.29, 0.717) is 13.2 Å². The number of unbranched alkanes of at least 4 members (excludes halogenated alkanes) is 6. The van der Waals surface area contributed by atoms with Crippen molar-refractivity contribution in [3.63, 3.8) is 0 Å². The molecule has 0 fully saturated rings. The van der Waals surface area contributed by atoms with E-state index in [2.05, 4.69) is 0 Å². The summed E-state index contributed by atoms with van der Waals surface area (Å²) in [4.78, 5) is 22.0. The molecule has 0 aliphatic heterocycles. The first kappa shape index (κ1) is 29.4. The largest absolute Gasteiger partial charge is 0.494 e. The molecule has 0 spiro atoms. The number of hydrogen-bond donors (Lipinski definition) is 2. The molecule has 0 heterocycles. The number of ether oxygens (including phenoxy) is 2. The van der Waals surface area contributed by atoms with Gasteiger partial charge in [0.05, 0.1) is 24.3 Å². The summed E-state index contributed by atoms with van der Waals surface area (Å²) in [6.45, 7) is 1.40. The molecular formula is C35H36O6. The molecule has 0 aliphatic carbocycles. The van der Waals surface area contributed by atoms with Crippen molar-refractivity contribution in [1.29, 1.82) is 0 Å². The van der Waals surface area contributed by atoms with Gasteiger partial charge in [-0.15, -0.1) is 0 Å². The van der Waals surface area contributed by atoms with E-state index in [1.807, 2.05) is 72.8 Å². The van der Waals surface area contributed by atoms with Crippen molar-refractivity contribution in [2.75, 3.05) is 13.2 Å². The van der Waals surface area contributed by atoms with Crippen LogP contribution in [-0.4, -0.2) is 35.4 Å². The molecule has 2 N–H and O–H groups in total. The Labute approximate surface area is 241 Å². The zero-order chi connectivity index (χ0) is 28.9. The van der Waals surface area contributed by atoms with Crippen molar-refractivity contribution in [3.05, 3.63) is 108 Å². The lowest BCUT2D eigenvalue weighted by Crippen LogP contribution is -1.98. The lowest BCUT2D eigenvalue weighted by molar-refractivity contribution is 0.0686. The number of carboxylic acids is 2. The highest BCUT2D eigenvalue weighted by Gasteiger charge is 2.05. The SMILES string of the molecule is O=C(O)c1ccc(-c2ccc(OCCCCCCCCCOc3ccc(-c4ccc(C(=O)O)cc4)cc3)cc2)cc1. The summed E-state index contributed by atoms with van der Waals surface area (Å²) in [6.07, 6.45) is 7.97. The van der Waals surface area contributed by atoms with E-state index < -0.39 is 11.9 Å². The summed E-state index contributed by atoms with van der Waals surface area (Å²) >= 11 is 0. The average molecular weight is 553 g/mol. The molecule has 4 aromatic carbocycles. The van der Waals surface area contributed by atoms with Crippen molar-refractivity contribution in [2.24, 2.45) is 0 Å². The van der Waals surface area contributed by atoms with Crippen LogP contribution in [-0.2, 0) is 0 Å². The van der Waals surface area contributed by atoms with Gasteiger partial charge in [-0.1, -0.05) is 80.6 Å². The maximum absolute atomic E-state index is 11.0. The van der Waals surface area contributed by atoms with Gasteiger partial charge in [0.2, 0.25) is 0 Å². The lowest BCUT2D eigenvalue weighted by atomic mass is 10.0. The van der Waals surface area contributed by atoms with Crippen LogP contribution in [0.4, 0.5) is 0 Å². The Morgan fingerprint density at radius 1 is 0.415 bits per heavy atom. The van der Waals surface area contributed by atoms with Gasteiger partial charge < -0.3 is 19.7 Å². The topological polar surface area (TPSA) is 93.1 Å². The third kappa shape index (κ3) is 9.24. The van der Waals surface area contributed by atoms with Crippen molar-refractivity contribution < 1.29 is 29.3 Å². The van der Waals surface area contributed by atoms with Gasteiger partial charge in [-0.3, -0.25) is 0 Å². The second kappa shape index (κ2) is 15.3. The monoisotopic (exact) mass is 552 g/mol. The van der Waals surface area contributed by atoms with Gasteiger partial charge in [0.25, 0.3) is 0 Å². The zero-order valence-electron chi connectivity index (χ0n) is 23.1. The van der Waals surface area contributed by atoms with Crippen LogP contribution >= 0.6 is 0 Å². The highest BCUT2D eigenvalue weighted by Crippen LogP contribution is 2.24. The fraction of sp³-hybridized carbons (Fsp3) is 0.257. The van der Waals surface area contributed by atoms with Gasteiger partial charge in [0.15, 0.2) is 0 Å². The average Bonchev–Trinajstić information content (AvgIpc) is 3.00. The second-order valence-corrected chi connectivity index (χ2v) is 9.99. The fourth-order valence-electron chi connectivity index (χ4n) is 4.57. The molecule has 0 radical (unpaired) electrons. The minimum absolute atomic E-state index is 0.284. The van der Waals surface area contributed by atoms with Crippen LogP contribution in [0.3, 0.4) is 0 Å². The first-order valence-electron chi connectivity index (χ1n) is 14.1. The first-order chi connectivity index (χ1) is 20.0. The highest BCUT2D eigenvalue weighted by atomic mass is 16.5.